The Hall–Kier alpha value is -3.27. The number of aromatic nitrogens is 4. The Kier molecular flexibility index (Phi) is 5.29. The molecule has 1 amide bonds. The molecule has 8 heteroatoms. The Balaban J connectivity index is 1.77. The van der Waals surface area contributed by atoms with Gasteiger partial charge in [0.2, 0.25) is 0 Å². The first-order valence-electron chi connectivity index (χ1n) is 8.37. The summed E-state index contributed by atoms with van der Waals surface area (Å²) in [7, 11) is 0. The molecule has 2 heterocycles. The van der Waals surface area contributed by atoms with E-state index < -0.39 is 0 Å². The smallest absolute Gasteiger partial charge is 0.274 e. The number of hydrogen-bond acceptors (Lipinski definition) is 5. The molecule has 0 fully saturated rings. The van der Waals surface area contributed by atoms with Crippen molar-refractivity contribution < 1.29 is 9.21 Å². The van der Waals surface area contributed by atoms with E-state index >= 15 is 0 Å². The molecule has 0 atom stereocenters. The van der Waals surface area contributed by atoms with Gasteiger partial charge < -0.3 is 9.73 Å². The van der Waals surface area contributed by atoms with Crippen molar-refractivity contribution in [3.63, 3.8) is 0 Å². The molecule has 0 aliphatic rings. The van der Waals surface area contributed by atoms with E-state index in [2.05, 4.69) is 43.4 Å². The van der Waals surface area contributed by atoms with E-state index in [9.17, 15) is 4.79 Å². The van der Waals surface area contributed by atoms with Crippen molar-refractivity contribution in [2.24, 2.45) is 0 Å². The SMILES string of the molecule is O=C(Nc1ccccc1I)/C(=C/c1ccco1)n1nnnc1-c1ccccc1. The molecular weight excluding hydrogens is 469 g/mol. The maximum absolute atomic E-state index is 13.1. The number of benzene rings is 2. The fraction of sp³-hybridized carbons (Fsp3) is 0. The summed E-state index contributed by atoms with van der Waals surface area (Å²) in [5.74, 6) is 0.615. The second kappa shape index (κ2) is 8.17. The van der Waals surface area contributed by atoms with E-state index in [-0.39, 0.29) is 11.6 Å². The van der Waals surface area contributed by atoms with Gasteiger partial charge in [0.05, 0.1) is 12.0 Å². The van der Waals surface area contributed by atoms with Crippen LogP contribution in [0.2, 0.25) is 0 Å². The molecule has 0 aliphatic heterocycles. The lowest BCUT2D eigenvalue weighted by Crippen LogP contribution is -2.19. The molecule has 4 aromatic rings. The summed E-state index contributed by atoms with van der Waals surface area (Å²) in [5.41, 5.74) is 1.73. The van der Waals surface area contributed by atoms with Gasteiger partial charge in [-0.1, -0.05) is 42.5 Å². The van der Waals surface area contributed by atoms with Crippen LogP contribution >= 0.6 is 22.6 Å². The number of anilines is 1. The standard InChI is InChI=1S/C20H14IN5O2/c21-16-10-4-5-11-17(16)22-20(27)18(13-15-9-6-12-28-15)26-19(23-24-25-26)14-7-2-1-3-8-14/h1-13H,(H,22,27)/b18-13-. The van der Waals surface area contributed by atoms with Gasteiger partial charge in [-0.25, -0.2) is 0 Å². The Bertz CT molecular complexity index is 1120. The zero-order valence-corrected chi connectivity index (χ0v) is 16.6. The minimum absolute atomic E-state index is 0.235. The molecule has 7 nitrogen and oxygen atoms in total. The molecule has 2 aromatic heterocycles. The van der Waals surface area contributed by atoms with Crippen molar-refractivity contribution in [3.8, 4) is 11.4 Å². The lowest BCUT2D eigenvalue weighted by Gasteiger charge is -2.11. The number of carbonyl (C=O) groups excluding carboxylic acids is 1. The molecule has 0 saturated heterocycles. The first-order chi connectivity index (χ1) is 13.7. The van der Waals surface area contributed by atoms with E-state index in [0.717, 1.165) is 9.13 Å². The fourth-order valence-corrected chi connectivity index (χ4v) is 3.12. The molecule has 2 aromatic carbocycles. The topological polar surface area (TPSA) is 85.8 Å². The first kappa shape index (κ1) is 18.1. The van der Waals surface area contributed by atoms with Crippen molar-refractivity contribution in [2.75, 3.05) is 5.32 Å². The van der Waals surface area contributed by atoms with Crippen molar-refractivity contribution in [3.05, 3.63) is 82.3 Å². The summed E-state index contributed by atoms with van der Waals surface area (Å²) in [6.07, 6.45) is 3.15. The van der Waals surface area contributed by atoms with E-state index in [4.69, 9.17) is 4.42 Å². The van der Waals surface area contributed by atoms with Crippen LogP contribution in [0.3, 0.4) is 0 Å². The molecule has 0 radical (unpaired) electrons. The van der Waals surface area contributed by atoms with Crippen molar-refractivity contribution >= 4 is 46.0 Å². The van der Waals surface area contributed by atoms with Crippen LogP contribution < -0.4 is 5.32 Å². The summed E-state index contributed by atoms with van der Waals surface area (Å²) < 4.78 is 7.72. The van der Waals surface area contributed by atoms with Crippen LogP contribution in [0.4, 0.5) is 5.69 Å². The maximum atomic E-state index is 13.1. The lowest BCUT2D eigenvalue weighted by atomic mass is 10.2. The van der Waals surface area contributed by atoms with Gasteiger partial charge in [0.25, 0.3) is 5.91 Å². The normalized spacial score (nSPS) is 11.4. The molecule has 0 spiro atoms. The predicted molar refractivity (Wildman–Crippen MR) is 114 cm³/mol. The zero-order valence-electron chi connectivity index (χ0n) is 14.5. The number of tetrazole rings is 1. The largest absolute Gasteiger partial charge is 0.465 e. The van der Waals surface area contributed by atoms with Crippen molar-refractivity contribution in [1.82, 2.24) is 20.2 Å². The Labute approximate surface area is 174 Å². The number of nitrogens with one attached hydrogen (secondary N) is 1. The van der Waals surface area contributed by atoms with Crippen LogP contribution in [0.1, 0.15) is 5.76 Å². The highest BCUT2D eigenvalue weighted by Gasteiger charge is 2.20. The van der Waals surface area contributed by atoms with Crippen LogP contribution in [-0.4, -0.2) is 26.1 Å². The highest BCUT2D eigenvalue weighted by molar-refractivity contribution is 14.1. The number of furan rings is 1. The molecule has 1 N–H and O–H groups in total. The zero-order chi connectivity index (χ0) is 19.3. The summed E-state index contributed by atoms with van der Waals surface area (Å²) in [6.45, 7) is 0. The molecule has 28 heavy (non-hydrogen) atoms. The van der Waals surface area contributed by atoms with Crippen LogP contribution in [0.5, 0.6) is 0 Å². The summed E-state index contributed by atoms with van der Waals surface area (Å²) in [6, 6.07) is 20.5. The first-order valence-corrected chi connectivity index (χ1v) is 9.45. The predicted octanol–water partition coefficient (Wildman–Crippen LogP) is 4.17. The number of hydrogen-bond donors (Lipinski definition) is 1. The molecule has 0 unspecified atom stereocenters. The van der Waals surface area contributed by atoms with Gasteiger partial charge >= 0.3 is 0 Å². The number of amides is 1. The molecular formula is C20H14IN5O2. The summed E-state index contributed by atoms with van der Waals surface area (Å²) in [4.78, 5) is 13.1. The van der Waals surface area contributed by atoms with Crippen molar-refractivity contribution in [2.45, 2.75) is 0 Å². The van der Waals surface area contributed by atoms with Crippen molar-refractivity contribution in [1.29, 1.82) is 0 Å². The molecule has 0 bridgehead atoms. The number of carbonyl (C=O) groups is 1. The second-order valence-corrected chi connectivity index (χ2v) is 6.92. The van der Waals surface area contributed by atoms with Gasteiger partial charge in [-0.3, -0.25) is 4.79 Å². The van der Waals surface area contributed by atoms with E-state index in [0.29, 0.717) is 17.3 Å². The number of nitrogens with zero attached hydrogens (tertiary/aromatic N) is 4. The van der Waals surface area contributed by atoms with Crippen LogP contribution in [0.15, 0.2) is 77.4 Å². The monoisotopic (exact) mass is 483 g/mol. The van der Waals surface area contributed by atoms with Gasteiger partial charge in [0.1, 0.15) is 11.5 Å². The average molecular weight is 483 g/mol. The van der Waals surface area contributed by atoms with E-state index in [1.165, 1.54) is 4.68 Å². The fourth-order valence-electron chi connectivity index (χ4n) is 2.60. The average Bonchev–Trinajstić information content (AvgIpc) is 3.40. The van der Waals surface area contributed by atoms with E-state index in [1.807, 2.05) is 54.6 Å². The Morgan fingerprint density at radius 1 is 1.04 bits per heavy atom. The summed E-state index contributed by atoms with van der Waals surface area (Å²) >= 11 is 2.17. The third kappa shape index (κ3) is 3.86. The number of rotatable bonds is 5. The third-order valence-electron chi connectivity index (χ3n) is 3.91. The minimum atomic E-state index is -0.356. The van der Waals surface area contributed by atoms with Gasteiger partial charge in [-0.2, -0.15) is 4.68 Å². The van der Waals surface area contributed by atoms with Gasteiger partial charge in [-0.15, -0.1) is 5.10 Å². The molecule has 138 valence electrons. The molecule has 4 rings (SSSR count). The van der Waals surface area contributed by atoms with Gasteiger partial charge in [-0.05, 0) is 57.3 Å². The lowest BCUT2D eigenvalue weighted by molar-refractivity contribution is -0.111. The quantitative estimate of drug-likeness (QED) is 0.340. The van der Waals surface area contributed by atoms with Crippen LogP contribution in [0, 0.1) is 3.57 Å². The summed E-state index contributed by atoms with van der Waals surface area (Å²) in [5, 5.41) is 14.8. The number of para-hydroxylation sites is 1. The molecule has 0 aliphatic carbocycles. The number of halogens is 1. The maximum Gasteiger partial charge on any atom is 0.274 e. The van der Waals surface area contributed by atoms with E-state index in [1.54, 1.807) is 24.5 Å². The highest BCUT2D eigenvalue weighted by Crippen LogP contribution is 2.23. The Morgan fingerprint density at radius 2 is 1.82 bits per heavy atom. The second-order valence-electron chi connectivity index (χ2n) is 5.76. The van der Waals surface area contributed by atoms with Gasteiger partial charge in [0.15, 0.2) is 5.82 Å². The molecule has 0 saturated carbocycles. The highest BCUT2D eigenvalue weighted by atomic mass is 127. The Morgan fingerprint density at radius 3 is 2.57 bits per heavy atom. The third-order valence-corrected chi connectivity index (χ3v) is 4.85. The van der Waals surface area contributed by atoms with Crippen LogP contribution in [0.25, 0.3) is 23.2 Å². The van der Waals surface area contributed by atoms with Crippen LogP contribution in [-0.2, 0) is 4.79 Å². The van der Waals surface area contributed by atoms with Gasteiger partial charge in [0, 0.05) is 15.2 Å². The minimum Gasteiger partial charge on any atom is -0.465 e.